The molecule has 2 N–H and O–H groups in total. The van der Waals surface area contributed by atoms with Crippen LogP contribution in [0.3, 0.4) is 0 Å². The van der Waals surface area contributed by atoms with E-state index >= 15 is 0 Å². The van der Waals surface area contributed by atoms with Crippen molar-refractivity contribution in [2.75, 3.05) is 26.5 Å². The lowest BCUT2D eigenvalue weighted by Gasteiger charge is -2.13. The highest BCUT2D eigenvalue weighted by atomic mass is 16.2. The predicted octanol–water partition coefficient (Wildman–Crippen LogP) is 4.10. The summed E-state index contributed by atoms with van der Waals surface area (Å²) >= 11 is 0. The highest BCUT2D eigenvalue weighted by Crippen LogP contribution is 2.31. The summed E-state index contributed by atoms with van der Waals surface area (Å²) in [5.41, 5.74) is 3.63. The van der Waals surface area contributed by atoms with Crippen molar-refractivity contribution in [2.24, 2.45) is 0 Å². The first-order valence-electron chi connectivity index (χ1n) is 10.1. The Morgan fingerprint density at radius 2 is 1.41 bits per heavy atom. The fourth-order valence-corrected chi connectivity index (χ4v) is 3.42. The molecule has 0 spiro atoms. The minimum atomic E-state index is -0.135. The summed E-state index contributed by atoms with van der Waals surface area (Å²) in [6.45, 7) is 0. The molecule has 160 valence electrons. The molecule has 4 rings (SSSR count). The molecule has 3 aromatic carbocycles. The van der Waals surface area contributed by atoms with E-state index in [9.17, 15) is 9.59 Å². The van der Waals surface area contributed by atoms with Crippen LogP contribution in [0.1, 0.15) is 20.7 Å². The Balaban J connectivity index is 1.67. The van der Waals surface area contributed by atoms with E-state index in [0.29, 0.717) is 16.9 Å². The van der Waals surface area contributed by atoms with Crippen LogP contribution in [0.4, 0.5) is 11.5 Å². The van der Waals surface area contributed by atoms with Gasteiger partial charge in [0.2, 0.25) is 0 Å². The maximum atomic E-state index is 12.2. The molecular weight excluding hydrogens is 402 g/mol. The smallest absolute Gasteiger partial charge is 0.253 e. The summed E-state index contributed by atoms with van der Waals surface area (Å²) in [5, 5.41) is 16.7. The lowest BCUT2D eigenvalue weighted by Crippen LogP contribution is -2.21. The van der Waals surface area contributed by atoms with E-state index in [1.165, 1.54) is 0 Å². The Kier molecular flexibility index (Phi) is 5.81. The topological polar surface area (TPSA) is 87.2 Å². The van der Waals surface area contributed by atoms with Crippen LogP contribution in [0, 0.1) is 0 Å². The van der Waals surface area contributed by atoms with Crippen molar-refractivity contribution in [2.45, 2.75) is 0 Å². The summed E-state index contributed by atoms with van der Waals surface area (Å²) in [6, 6.07) is 22.4. The molecule has 32 heavy (non-hydrogen) atoms. The normalized spacial score (nSPS) is 10.6. The van der Waals surface area contributed by atoms with Gasteiger partial charge in [0.25, 0.3) is 11.8 Å². The van der Waals surface area contributed by atoms with Crippen LogP contribution in [0.2, 0.25) is 0 Å². The van der Waals surface area contributed by atoms with Crippen molar-refractivity contribution >= 4 is 34.1 Å². The molecule has 0 saturated heterocycles. The van der Waals surface area contributed by atoms with Gasteiger partial charge in [0.15, 0.2) is 5.82 Å². The van der Waals surface area contributed by atoms with Crippen molar-refractivity contribution in [3.63, 3.8) is 0 Å². The molecule has 1 aromatic heterocycles. The van der Waals surface area contributed by atoms with Crippen LogP contribution in [0.15, 0.2) is 72.8 Å². The molecule has 2 amide bonds. The second-order valence-corrected chi connectivity index (χ2v) is 7.50. The fourth-order valence-electron chi connectivity index (χ4n) is 3.42. The molecule has 0 bridgehead atoms. The largest absolute Gasteiger partial charge is 0.355 e. The Hall–Kier alpha value is -4.26. The molecule has 0 fully saturated rings. The standard InChI is InChI=1S/C25H23N5O2/c1-26-24(31)17-12-14-19(15-13-17)27-23-21-7-5-4-6-20(21)22(28-29-23)16-8-10-18(11-9-16)25(32)30(2)3/h4-15H,1-3H3,(H,26,31)(H,27,29). The molecule has 0 atom stereocenters. The zero-order valence-electron chi connectivity index (χ0n) is 18.1. The van der Waals surface area contributed by atoms with Gasteiger partial charge in [-0.25, -0.2) is 0 Å². The van der Waals surface area contributed by atoms with Crippen molar-refractivity contribution in [1.82, 2.24) is 20.4 Å². The molecule has 0 radical (unpaired) electrons. The SMILES string of the molecule is CNC(=O)c1ccc(Nc2nnc(-c3ccc(C(=O)N(C)C)cc3)c3ccccc23)cc1. The summed E-state index contributed by atoms with van der Waals surface area (Å²) in [7, 11) is 5.06. The lowest BCUT2D eigenvalue weighted by molar-refractivity contribution is 0.0827. The molecule has 1 heterocycles. The molecule has 4 aromatic rings. The van der Waals surface area contributed by atoms with Gasteiger partial charge in [0.1, 0.15) is 5.69 Å². The highest BCUT2D eigenvalue weighted by molar-refractivity contribution is 6.01. The van der Waals surface area contributed by atoms with E-state index in [4.69, 9.17) is 0 Å². The van der Waals surface area contributed by atoms with Gasteiger partial charge in [-0.1, -0.05) is 36.4 Å². The van der Waals surface area contributed by atoms with Gasteiger partial charge in [0.05, 0.1) is 0 Å². The van der Waals surface area contributed by atoms with Gasteiger partial charge < -0.3 is 15.5 Å². The molecule has 0 aliphatic heterocycles. The monoisotopic (exact) mass is 425 g/mol. The number of nitrogens with one attached hydrogen (secondary N) is 2. The van der Waals surface area contributed by atoms with Gasteiger partial charge in [-0.3, -0.25) is 9.59 Å². The number of amides is 2. The summed E-state index contributed by atoms with van der Waals surface area (Å²) in [5.74, 6) is 0.440. The van der Waals surface area contributed by atoms with Gasteiger partial charge in [-0.2, -0.15) is 0 Å². The highest BCUT2D eigenvalue weighted by Gasteiger charge is 2.13. The number of carbonyl (C=O) groups excluding carboxylic acids is 2. The van der Waals surface area contributed by atoms with Gasteiger partial charge >= 0.3 is 0 Å². The summed E-state index contributed by atoms with van der Waals surface area (Å²) in [4.78, 5) is 25.5. The van der Waals surface area contributed by atoms with Crippen molar-refractivity contribution in [3.05, 3.63) is 83.9 Å². The lowest BCUT2D eigenvalue weighted by atomic mass is 10.0. The molecular formula is C25H23N5O2. The van der Waals surface area contributed by atoms with Gasteiger partial charge in [-0.15, -0.1) is 10.2 Å². The van der Waals surface area contributed by atoms with Crippen LogP contribution in [-0.2, 0) is 0 Å². The van der Waals surface area contributed by atoms with Gasteiger partial charge in [-0.05, 0) is 36.4 Å². The number of anilines is 2. The van der Waals surface area contributed by atoms with E-state index < -0.39 is 0 Å². The van der Waals surface area contributed by atoms with Crippen LogP contribution in [-0.4, -0.2) is 48.1 Å². The number of fused-ring (bicyclic) bond motifs is 1. The molecule has 0 aliphatic carbocycles. The Bertz CT molecular complexity index is 1280. The van der Waals surface area contributed by atoms with Crippen molar-refractivity contribution in [1.29, 1.82) is 0 Å². The quantitative estimate of drug-likeness (QED) is 0.503. The second-order valence-electron chi connectivity index (χ2n) is 7.50. The number of nitrogens with zero attached hydrogens (tertiary/aromatic N) is 3. The number of carbonyl (C=O) groups is 2. The Labute approximate surface area is 186 Å². The fraction of sp³-hybridized carbons (Fsp3) is 0.120. The second kappa shape index (κ2) is 8.85. The maximum absolute atomic E-state index is 12.2. The Morgan fingerprint density at radius 3 is 2.03 bits per heavy atom. The first kappa shape index (κ1) is 21.0. The average Bonchev–Trinajstić information content (AvgIpc) is 2.84. The summed E-state index contributed by atoms with van der Waals surface area (Å²) in [6.07, 6.45) is 0. The van der Waals surface area contributed by atoms with Crippen molar-refractivity contribution < 1.29 is 9.59 Å². The van der Waals surface area contributed by atoms with Crippen LogP contribution in [0.25, 0.3) is 22.0 Å². The predicted molar refractivity (Wildman–Crippen MR) is 126 cm³/mol. The molecule has 7 nitrogen and oxygen atoms in total. The van der Waals surface area contributed by atoms with Crippen LogP contribution >= 0.6 is 0 Å². The average molecular weight is 425 g/mol. The van der Waals surface area contributed by atoms with Crippen molar-refractivity contribution in [3.8, 4) is 11.3 Å². The van der Waals surface area contributed by atoms with E-state index in [2.05, 4.69) is 20.8 Å². The number of hydrogen-bond acceptors (Lipinski definition) is 5. The minimum absolute atomic E-state index is 0.0468. The van der Waals surface area contributed by atoms with Crippen LogP contribution in [0.5, 0.6) is 0 Å². The minimum Gasteiger partial charge on any atom is -0.355 e. The zero-order valence-corrected chi connectivity index (χ0v) is 18.1. The maximum Gasteiger partial charge on any atom is 0.253 e. The molecule has 0 saturated carbocycles. The molecule has 0 aliphatic rings. The zero-order chi connectivity index (χ0) is 22.7. The number of aromatic nitrogens is 2. The van der Waals surface area contributed by atoms with E-state index in [1.54, 1.807) is 50.3 Å². The number of benzene rings is 3. The third-order valence-corrected chi connectivity index (χ3v) is 5.14. The van der Waals surface area contributed by atoms with Crippen LogP contribution < -0.4 is 10.6 Å². The van der Waals surface area contributed by atoms with E-state index in [1.807, 2.05) is 48.5 Å². The van der Waals surface area contributed by atoms with E-state index in [-0.39, 0.29) is 11.8 Å². The third kappa shape index (κ3) is 4.13. The molecule has 0 unspecified atom stereocenters. The first-order chi connectivity index (χ1) is 15.5. The summed E-state index contributed by atoms with van der Waals surface area (Å²) < 4.78 is 0. The molecule has 7 heteroatoms. The third-order valence-electron chi connectivity index (χ3n) is 5.14. The number of hydrogen-bond donors (Lipinski definition) is 2. The number of rotatable bonds is 5. The van der Waals surface area contributed by atoms with E-state index in [0.717, 1.165) is 27.7 Å². The Morgan fingerprint density at radius 1 is 0.781 bits per heavy atom. The van der Waals surface area contributed by atoms with Gasteiger partial charge in [0, 0.05) is 54.3 Å². The first-order valence-corrected chi connectivity index (χ1v) is 10.1.